The summed E-state index contributed by atoms with van der Waals surface area (Å²) < 4.78 is 47.7. The lowest BCUT2D eigenvalue weighted by molar-refractivity contribution is -0.0972. The molecule has 4 nitrogen and oxygen atoms in total. The molecule has 27 heavy (non-hydrogen) atoms. The molecule has 7 heteroatoms. The monoisotopic (exact) mass is 375 g/mol. The van der Waals surface area contributed by atoms with E-state index in [0.717, 1.165) is 12.1 Å². The van der Waals surface area contributed by atoms with Gasteiger partial charge in [-0.1, -0.05) is 6.07 Å². The van der Waals surface area contributed by atoms with E-state index in [-0.39, 0.29) is 34.8 Å². The molecule has 2 aliphatic rings. The average Bonchev–Trinajstić information content (AvgIpc) is 3.38. The molecular formula is C20H16F3NO3. The van der Waals surface area contributed by atoms with Gasteiger partial charge in [0.15, 0.2) is 0 Å². The van der Waals surface area contributed by atoms with Crippen LogP contribution < -0.4 is 4.74 Å². The summed E-state index contributed by atoms with van der Waals surface area (Å²) in [6, 6.07) is 8.28. The third kappa shape index (κ3) is 2.85. The minimum Gasteiger partial charge on any atom is -0.457 e. The van der Waals surface area contributed by atoms with Crippen molar-refractivity contribution in [2.45, 2.75) is 36.7 Å². The standard InChI is InChI=1S/C20H16F3NO3/c21-12-5-11(9-24)6-13(7-12)27-16-2-1-15(19(10-25)3-4-19)17-14(16)8-20(22,23)18(17)26/h1-2,5-7,18,25-26H,3-4,8,10H2. The maximum atomic E-state index is 14.3. The number of nitriles is 1. The van der Waals surface area contributed by atoms with Gasteiger partial charge in [-0.25, -0.2) is 13.2 Å². The van der Waals surface area contributed by atoms with Crippen LogP contribution >= 0.6 is 0 Å². The van der Waals surface area contributed by atoms with E-state index < -0.39 is 29.7 Å². The number of aliphatic hydroxyl groups is 2. The summed E-state index contributed by atoms with van der Waals surface area (Å²) in [5.41, 5.74) is 0.180. The summed E-state index contributed by atoms with van der Waals surface area (Å²) in [6.07, 6.45) is -1.39. The molecule has 1 unspecified atom stereocenters. The third-order valence-electron chi connectivity index (χ3n) is 5.36. The van der Waals surface area contributed by atoms with Crippen LogP contribution in [-0.2, 0) is 11.8 Å². The quantitative estimate of drug-likeness (QED) is 0.854. The number of fused-ring (bicyclic) bond motifs is 1. The number of alkyl halides is 2. The van der Waals surface area contributed by atoms with Gasteiger partial charge in [0.1, 0.15) is 23.4 Å². The second kappa shape index (κ2) is 5.98. The van der Waals surface area contributed by atoms with Crippen molar-refractivity contribution in [1.82, 2.24) is 0 Å². The van der Waals surface area contributed by atoms with Crippen molar-refractivity contribution in [2.24, 2.45) is 0 Å². The molecular weight excluding hydrogens is 359 g/mol. The molecule has 140 valence electrons. The highest BCUT2D eigenvalue weighted by atomic mass is 19.3. The summed E-state index contributed by atoms with van der Waals surface area (Å²) in [5, 5.41) is 28.8. The molecule has 0 bridgehead atoms. The van der Waals surface area contributed by atoms with Crippen LogP contribution in [0.4, 0.5) is 13.2 Å². The first kappa shape index (κ1) is 17.8. The zero-order valence-electron chi connectivity index (χ0n) is 14.2. The Morgan fingerprint density at radius 1 is 1.22 bits per heavy atom. The first-order chi connectivity index (χ1) is 12.8. The molecule has 0 spiro atoms. The van der Waals surface area contributed by atoms with E-state index in [0.29, 0.717) is 18.4 Å². The number of aliphatic hydroxyl groups excluding tert-OH is 2. The summed E-state index contributed by atoms with van der Waals surface area (Å²) in [4.78, 5) is 0. The zero-order chi connectivity index (χ0) is 19.4. The van der Waals surface area contributed by atoms with E-state index in [1.165, 1.54) is 12.1 Å². The lowest BCUT2D eigenvalue weighted by Gasteiger charge is -2.21. The maximum absolute atomic E-state index is 14.3. The number of hydrogen-bond donors (Lipinski definition) is 2. The lowest BCUT2D eigenvalue weighted by Crippen LogP contribution is -2.23. The molecule has 1 saturated carbocycles. The first-order valence-electron chi connectivity index (χ1n) is 8.51. The average molecular weight is 375 g/mol. The highest BCUT2D eigenvalue weighted by molar-refractivity contribution is 5.56. The fourth-order valence-corrected chi connectivity index (χ4v) is 3.72. The number of nitrogens with zero attached hydrogens (tertiary/aromatic N) is 1. The van der Waals surface area contributed by atoms with Gasteiger partial charge in [0.05, 0.1) is 18.2 Å². The molecule has 0 amide bonds. The minimum atomic E-state index is -3.36. The van der Waals surface area contributed by atoms with E-state index in [4.69, 9.17) is 10.00 Å². The van der Waals surface area contributed by atoms with Gasteiger partial charge in [0.25, 0.3) is 5.92 Å². The van der Waals surface area contributed by atoms with E-state index in [2.05, 4.69) is 0 Å². The van der Waals surface area contributed by atoms with Crippen LogP contribution in [0.5, 0.6) is 11.5 Å². The van der Waals surface area contributed by atoms with Crippen molar-refractivity contribution in [3.05, 3.63) is 58.4 Å². The molecule has 4 rings (SSSR count). The van der Waals surface area contributed by atoms with Gasteiger partial charge in [-0.15, -0.1) is 0 Å². The minimum absolute atomic E-state index is 0.00880. The second-order valence-electron chi connectivity index (χ2n) is 7.17. The maximum Gasteiger partial charge on any atom is 0.281 e. The van der Waals surface area contributed by atoms with Gasteiger partial charge in [-0.2, -0.15) is 5.26 Å². The molecule has 2 aliphatic carbocycles. The fourth-order valence-electron chi connectivity index (χ4n) is 3.72. The highest BCUT2D eigenvalue weighted by Gasteiger charge is 2.54. The van der Waals surface area contributed by atoms with Crippen LogP contribution in [0.1, 0.15) is 41.2 Å². The van der Waals surface area contributed by atoms with Gasteiger partial charge in [0.2, 0.25) is 0 Å². The van der Waals surface area contributed by atoms with Crippen LogP contribution in [0, 0.1) is 17.1 Å². The topological polar surface area (TPSA) is 73.5 Å². The van der Waals surface area contributed by atoms with E-state index in [1.807, 2.05) is 0 Å². The van der Waals surface area contributed by atoms with Gasteiger partial charge in [-0.05, 0) is 42.2 Å². The lowest BCUT2D eigenvalue weighted by atomic mass is 9.89. The predicted octanol–water partition coefficient (Wildman–Crippen LogP) is 3.74. The number of benzene rings is 2. The third-order valence-corrected chi connectivity index (χ3v) is 5.36. The van der Waals surface area contributed by atoms with Crippen LogP contribution in [0.25, 0.3) is 0 Å². The Hall–Kier alpha value is -2.56. The van der Waals surface area contributed by atoms with Gasteiger partial charge in [-0.3, -0.25) is 0 Å². The van der Waals surface area contributed by atoms with Crippen molar-refractivity contribution in [3.8, 4) is 17.6 Å². The largest absolute Gasteiger partial charge is 0.457 e. The molecule has 0 radical (unpaired) electrons. The van der Waals surface area contributed by atoms with Crippen LogP contribution in [0.15, 0.2) is 30.3 Å². The van der Waals surface area contributed by atoms with E-state index in [9.17, 15) is 23.4 Å². The molecule has 2 aromatic rings. The smallest absolute Gasteiger partial charge is 0.281 e. The molecule has 0 saturated heterocycles. The molecule has 2 aromatic carbocycles. The molecule has 1 atom stereocenters. The molecule has 0 heterocycles. The summed E-state index contributed by atoms with van der Waals surface area (Å²) in [7, 11) is 0. The van der Waals surface area contributed by atoms with Crippen molar-refractivity contribution < 1.29 is 28.1 Å². The van der Waals surface area contributed by atoms with Crippen molar-refractivity contribution >= 4 is 0 Å². The Balaban J connectivity index is 1.81. The normalized spacial score (nSPS) is 21.4. The second-order valence-corrected chi connectivity index (χ2v) is 7.17. The van der Waals surface area contributed by atoms with Crippen molar-refractivity contribution in [2.75, 3.05) is 6.61 Å². The SMILES string of the molecule is N#Cc1cc(F)cc(Oc2ccc(C3(CO)CC3)c3c2CC(F)(F)C3O)c1. The van der Waals surface area contributed by atoms with E-state index in [1.54, 1.807) is 12.1 Å². The summed E-state index contributed by atoms with van der Waals surface area (Å²) in [6.45, 7) is -0.187. The Morgan fingerprint density at radius 2 is 1.96 bits per heavy atom. The molecule has 0 aliphatic heterocycles. The Kier molecular flexibility index (Phi) is 3.95. The van der Waals surface area contributed by atoms with E-state index >= 15 is 0 Å². The Labute approximate surface area is 153 Å². The summed E-state index contributed by atoms with van der Waals surface area (Å²) in [5.74, 6) is -3.95. The Bertz CT molecular complexity index is 964. The van der Waals surface area contributed by atoms with Gasteiger partial charge in [0, 0.05) is 23.5 Å². The van der Waals surface area contributed by atoms with Crippen LogP contribution in [0.3, 0.4) is 0 Å². The van der Waals surface area contributed by atoms with Gasteiger partial charge < -0.3 is 14.9 Å². The summed E-state index contributed by atoms with van der Waals surface area (Å²) >= 11 is 0. The predicted molar refractivity (Wildman–Crippen MR) is 89.2 cm³/mol. The molecule has 0 aromatic heterocycles. The molecule has 1 fully saturated rings. The van der Waals surface area contributed by atoms with Crippen LogP contribution in [-0.4, -0.2) is 22.7 Å². The number of rotatable bonds is 4. The van der Waals surface area contributed by atoms with Gasteiger partial charge >= 0.3 is 0 Å². The van der Waals surface area contributed by atoms with Crippen LogP contribution in [0.2, 0.25) is 0 Å². The Morgan fingerprint density at radius 3 is 2.59 bits per heavy atom. The first-order valence-corrected chi connectivity index (χ1v) is 8.51. The molecule has 2 N–H and O–H groups in total. The highest BCUT2D eigenvalue weighted by Crippen LogP contribution is 2.56. The number of halogens is 3. The van der Waals surface area contributed by atoms with Crippen molar-refractivity contribution in [1.29, 1.82) is 5.26 Å². The number of hydrogen-bond acceptors (Lipinski definition) is 4. The zero-order valence-corrected chi connectivity index (χ0v) is 14.2. The van der Waals surface area contributed by atoms with Crippen molar-refractivity contribution in [3.63, 3.8) is 0 Å². The number of ether oxygens (including phenoxy) is 1. The fraction of sp³-hybridized carbons (Fsp3) is 0.350.